The lowest BCUT2D eigenvalue weighted by Crippen LogP contribution is -2.12. The van der Waals surface area contributed by atoms with Crippen LogP contribution in [0.4, 0.5) is 0 Å². The van der Waals surface area contributed by atoms with Gasteiger partial charge < -0.3 is 9.26 Å². The Bertz CT molecular complexity index is 477. The summed E-state index contributed by atoms with van der Waals surface area (Å²) in [5, 5.41) is 2.31. The summed E-state index contributed by atoms with van der Waals surface area (Å²) in [5.41, 5.74) is -0.152. The highest BCUT2D eigenvalue weighted by molar-refractivity contribution is 5.71. The molecule has 5 heteroatoms. The van der Waals surface area contributed by atoms with Gasteiger partial charge in [-0.05, 0) is 12.8 Å². The first kappa shape index (κ1) is 19.5. The molecule has 0 saturated carbocycles. The lowest BCUT2D eigenvalue weighted by Gasteiger charge is -2.08. The van der Waals surface area contributed by atoms with Gasteiger partial charge in [-0.3, -0.25) is 9.59 Å². The third kappa shape index (κ3) is 9.26. The monoisotopic (exact) mass is 325 g/mol. The largest absolute Gasteiger partial charge is 0.469 e. The third-order valence-corrected chi connectivity index (χ3v) is 4.24. The van der Waals surface area contributed by atoms with E-state index in [0.717, 1.165) is 31.4 Å². The number of methoxy groups -OCH3 is 1. The first-order valence-corrected chi connectivity index (χ1v) is 8.88. The van der Waals surface area contributed by atoms with Crippen molar-refractivity contribution in [3.8, 4) is 0 Å². The number of aryl methyl sites for hydroxylation is 1. The van der Waals surface area contributed by atoms with Gasteiger partial charge in [-0.2, -0.15) is 5.16 Å². The zero-order valence-electron chi connectivity index (χ0n) is 14.6. The fraction of sp³-hybridized carbons (Fsp3) is 0.778. The second-order valence-corrected chi connectivity index (χ2v) is 6.32. The molecule has 1 heterocycles. The van der Waals surface area contributed by atoms with Crippen LogP contribution in [0, 0.1) is 5.92 Å². The summed E-state index contributed by atoms with van der Waals surface area (Å²) in [5.74, 6) is 0.699. The van der Waals surface area contributed by atoms with Crippen LogP contribution in [-0.4, -0.2) is 18.2 Å². The predicted molar refractivity (Wildman–Crippen MR) is 90.4 cm³/mol. The van der Waals surface area contributed by atoms with Gasteiger partial charge in [-0.1, -0.05) is 58.3 Å². The Labute approximate surface area is 138 Å². The standard InChI is InChI=1S/C18H31NO4/c1-15(18(21)22-2)12-10-8-6-4-3-5-7-9-11-13-16-14-17(20)19-23-16/h14-15H,3-13H2,1-2H3,(H,19,20). The van der Waals surface area contributed by atoms with Crippen LogP contribution in [0.5, 0.6) is 0 Å². The van der Waals surface area contributed by atoms with Gasteiger partial charge in [-0.25, -0.2) is 0 Å². The third-order valence-electron chi connectivity index (χ3n) is 4.24. The van der Waals surface area contributed by atoms with Gasteiger partial charge >= 0.3 is 5.97 Å². The van der Waals surface area contributed by atoms with Crippen molar-refractivity contribution in [2.75, 3.05) is 7.11 Å². The number of unbranched alkanes of at least 4 members (excludes halogenated alkanes) is 8. The molecule has 0 bridgehead atoms. The molecule has 0 spiro atoms. The predicted octanol–water partition coefficient (Wildman–Crippen LogP) is 4.22. The van der Waals surface area contributed by atoms with Gasteiger partial charge in [0.25, 0.3) is 5.56 Å². The van der Waals surface area contributed by atoms with Gasteiger partial charge in [-0.15, -0.1) is 0 Å². The highest BCUT2D eigenvalue weighted by Gasteiger charge is 2.11. The Morgan fingerprint density at radius 2 is 1.65 bits per heavy atom. The van der Waals surface area contributed by atoms with Crippen LogP contribution in [0.1, 0.15) is 76.9 Å². The van der Waals surface area contributed by atoms with Crippen LogP contribution in [0.3, 0.4) is 0 Å². The SMILES string of the molecule is COC(=O)C(C)CCCCCCCCCCCc1cc(=O)[nH]o1. The van der Waals surface area contributed by atoms with Crippen LogP contribution in [0.2, 0.25) is 0 Å². The molecule has 1 rings (SSSR count). The Balaban J connectivity index is 1.83. The fourth-order valence-corrected chi connectivity index (χ4v) is 2.75. The zero-order chi connectivity index (χ0) is 16.9. The number of rotatable bonds is 13. The summed E-state index contributed by atoms with van der Waals surface area (Å²) < 4.78 is 9.74. The molecule has 0 fully saturated rings. The summed E-state index contributed by atoms with van der Waals surface area (Å²) in [4.78, 5) is 22.1. The molecule has 1 N–H and O–H groups in total. The molecule has 1 aromatic rings. The van der Waals surface area contributed by atoms with Gasteiger partial charge in [0.2, 0.25) is 0 Å². The van der Waals surface area contributed by atoms with Gasteiger partial charge in [0.05, 0.1) is 13.0 Å². The molecule has 0 amide bonds. The van der Waals surface area contributed by atoms with Crippen molar-refractivity contribution in [3.63, 3.8) is 0 Å². The van der Waals surface area contributed by atoms with Crippen molar-refractivity contribution in [2.45, 2.75) is 77.6 Å². The van der Waals surface area contributed by atoms with Crippen molar-refractivity contribution >= 4 is 5.97 Å². The van der Waals surface area contributed by atoms with E-state index in [-0.39, 0.29) is 17.4 Å². The summed E-state index contributed by atoms with van der Waals surface area (Å²) in [6, 6.07) is 1.53. The molecule has 1 atom stereocenters. The van der Waals surface area contributed by atoms with E-state index in [1.54, 1.807) is 0 Å². The normalized spacial score (nSPS) is 12.3. The number of aromatic amines is 1. The maximum absolute atomic E-state index is 11.2. The molecule has 132 valence electrons. The van der Waals surface area contributed by atoms with Crippen molar-refractivity contribution in [3.05, 3.63) is 22.2 Å². The van der Waals surface area contributed by atoms with E-state index in [2.05, 4.69) is 5.16 Å². The molecule has 23 heavy (non-hydrogen) atoms. The van der Waals surface area contributed by atoms with E-state index in [0.29, 0.717) is 0 Å². The van der Waals surface area contributed by atoms with Crippen LogP contribution in [0.25, 0.3) is 0 Å². The van der Waals surface area contributed by atoms with Crippen molar-refractivity contribution < 1.29 is 14.1 Å². The molecular formula is C18H31NO4. The molecular weight excluding hydrogens is 294 g/mol. The first-order valence-electron chi connectivity index (χ1n) is 8.88. The highest BCUT2D eigenvalue weighted by Crippen LogP contribution is 2.14. The topological polar surface area (TPSA) is 72.3 Å². The number of esters is 1. The summed E-state index contributed by atoms with van der Waals surface area (Å²) >= 11 is 0. The molecule has 0 radical (unpaired) electrons. The number of ether oxygens (including phenoxy) is 1. The Morgan fingerprint density at radius 1 is 1.09 bits per heavy atom. The van der Waals surface area contributed by atoms with Gasteiger partial charge in [0.15, 0.2) is 0 Å². The van der Waals surface area contributed by atoms with Crippen molar-refractivity contribution in [1.82, 2.24) is 5.16 Å². The Hall–Kier alpha value is -1.52. The van der Waals surface area contributed by atoms with E-state index in [1.165, 1.54) is 58.1 Å². The van der Waals surface area contributed by atoms with Crippen molar-refractivity contribution in [2.24, 2.45) is 5.92 Å². The minimum Gasteiger partial charge on any atom is -0.469 e. The lowest BCUT2D eigenvalue weighted by atomic mass is 10.0. The fourth-order valence-electron chi connectivity index (χ4n) is 2.75. The maximum Gasteiger partial charge on any atom is 0.308 e. The highest BCUT2D eigenvalue weighted by atomic mass is 16.5. The number of carbonyl (C=O) groups is 1. The smallest absolute Gasteiger partial charge is 0.308 e. The van der Waals surface area contributed by atoms with E-state index in [1.807, 2.05) is 6.92 Å². The van der Waals surface area contributed by atoms with E-state index < -0.39 is 0 Å². The average molecular weight is 325 g/mol. The summed E-state index contributed by atoms with van der Waals surface area (Å²) in [6.07, 6.45) is 12.7. The van der Waals surface area contributed by atoms with Gasteiger partial charge in [0, 0.05) is 12.5 Å². The first-order chi connectivity index (χ1) is 11.1. The number of nitrogens with one attached hydrogen (secondary N) is 1. The molecule has 1 aromatic heterocycles. The number of H-pyrrole nitrogens is 1. The molecule has 0 aliphatic rings. The molecule has 0 saturated heterocycles. The van der Waals surface area contributed by atoms with Crippen molar-refractivity contribution in [1.29, 1.82) is 0 Å². The Kier molecular flexibility index (Phi) is 10.2. The lowest BCUT2D eigenvalue weighted by molar-refractivity contribution is -0.145. The van der Waals surface area contributed by atoms with Crippen LogP contribution >= 0.6 is 0 Å². The second kappa shape index (κ2) is 12.0. The number of hydrogen-bond donors (Lipinski definition) is 1. The quantitative estimate of drug-likeness (QED) is 0.435. The molecule has 5 nitrogen and oxygen atoms in total. The van der Waals surface area contributed by atoms with Crippen LogP contribution in [0.15, 0.2) is 15.4 Å². The summed E-state index contributed by atoms with van der Waals surface area (Å²) in [6.45, 7) is 1.93. The van der Waals surface area contributed by atoms with Gasteiger partial charge in [0.1, 0.15) is 5.76 Å². The van der Waals surface area contributed by atoms with E-state index >= 15 is 0 Å². The van der Waals surface area contributed by atoms with Crippen LogP contribution in [-0.2, 0) is 16.0 Å². The molecule has 0 aromatic carbocycles. The summed E-state index contributed by atoms with van der Waals surface area (Å²) in [7, 11) is 1.45. The minimum atomic E-state index is -0.152. The second-order valence-electron chi connectivity index (χ2n) is 6.32. The average Bonchev–Trinajstić information content (AvgIpc) is 2.96. The number of aromatic nitrogens is 1. The van der Waals surface area contributed by atoms with E-state index in [9.17, 15) is 9.59 Å². The van der Waals surface area contributed by atoms with Crippen LogP contribution < -0.4 is 5.56 Å². The minimum absolute atomic E-state index is 0.0319. The van der Waals surface area contributed by atoms with E-state index in [4.69, 9.17) is 9.26 Å². The zero-order valence-corrected chi connectivity index (χ0v) is 14.6. The molecule has 1 unspecified atom stereocenters. The Morgan fingerprint density at radius 3 is 2.17 bits per heavy atom. The maximum atomic E-state index is 11.2. The number of hydrogen-bond acceptors (Lipinski definition) is 4. The number of carbonyl (C=O) groups excluding carboxylic acids is 1. The molecule has 0 aliphatic heterocycles. The molecule has 0 aliphatic carbocycles.